The molecule has 0 aromatic heterocycles. The summed E-state index contributed by atoms with van der Waals surface area (Å²) in [5, 5.41) is 3.02. The number of hydrogen-bond donors (Lipinski definition) is 2. The number of aryl methyl sites for hydroxylation is 1. The van der Waals surface area contributed by atoms with Crippen molar-refractivity contribution in [1.29, 1.82) is 0 Å². The minimum atomic E-state index is -0.540. The van der Waals surface area contributed by atoms with E-state index in [0.717, 1.165) is 19.3 Å². The zero-order valence-corrected chi connectivity index (χ0v) is 10.7. The molecule has 0 saturated carbocycles. The van der Waals surface area contributed by atoms with E-state index in [1.165, 1.54) is 18.2 Å². The lowest BCUT2D eigenvalue weighted by molar-refractivity contribution is -0.131. The average molecular weight is 248 g/mol. The number of benzene rings is 1. The summed E-state index contributed by atoms with van der Waals surface area (Å²) in [6, 6.07) is 8.58. The molecular formula is C14H20N2O2. The van der Waals surface area contributed by atoms with Gasteiger partial charge in [-0.05, 0) is 30.4 Å². The fourth-order valence-corrected chi connectivity index (χ4v) is 2.43. The number of amides is 1. The Morgan fingerprint density at radius 2 is 2.22 bits per heavy atom. The van der Waals surface area contributed by atoms with Gasteiger partial charge in [-0.2, -0.15) is 0 Å². The number of carbonyl (C=O) groups excluding carboxylic acids is 1. The standard InChI is InChI=1S/C14H20N2O2/c1-18-13(9-15)14(17)16-12-7-6-10-4-2-3-5-11(10)8-12/h2-5,12-13H,6-9,15H2,1H3,(H,16,17). The van der Waals surface area contributed by atoms with Crippen LogP contribution in [0.5, 0.6) is 0 Å². The molecule has 1 aromatic carbocycles. The monoisotopic (exact) mass is 248 g/mol. The van der Waals surface area contributed by atoms with Crippen LogP contribution in [-0.2, 0) is 22.4 Å². The van der Waals surface area contributed by atoms with Crippen molar-refractivity contribution in [3.63, 3.8) is 0 Å². The Morgan fingerprint density at radius 3 is 2.89 bits per heavy atom. The first-order valence-electron chi connectivity index (χ1n) is 6.34. The summed E-state index contributed by atoms with van der Waals surface area (Å²) in [5.74, 6) is -0.107. The molecule has 0 fully saturated rings. The lowest BCUT2D eigenvalue weighted by Crippen LogP contribution is -2.47. The summed E-state index contributed by atoms with van der Waals surface area (Å²) < 4.78 is 5.04. The summed E-state index contributed by atoms with van der Waals surface area (Å²) in [6.07, 6.45) is 2.34. The van der Waals surface area contributed by atoms with Crippen LogP contribution in [0.3, 0.4) is 0 Å². The highest BCUT2D eigenvalue weighted by Gasteiger charge is 2.23. The maximum Gasteiger partial charge on any atom is 0.250 e. The van der Waals surface area contributed by atoms with Crippen molar-refractivity contribution in [3.05, 3.63) is 35.4 Å². The van der Waals surface area contributed by atoms with E-state index in [-0.39, 0.29) is 18.5 Å². The molecule has 0 spiro atoms. The summed E-state index contributed by atoms with van der Waals surface area (Å²) in [7, 11) is 1.51. The van der Waals surface area contributed by atoms with Gasteiger partial charge in [-0.25, -0.2) is 0 Å². The van der Waals surface area contributed by atoms with Crippen LogP contribution in [0.4, 0.5) is 0 Å². The van der Waals surface area contributed by atoms with Gasteiger partial charge in [-0.1, -0.05) is 24.3 Å². The first-order chi connectivity index (χ1) is 8.74. The van der Waals surface area contributed by atoms with Gasteiger partial charge in [0.25, 0.3) is 5.91 Å². The molecule has 2 atom stereocenters. The number of hydrogen-bond acceptors (Lipinski definition) is 3. The van der Waals surface area contributed by atoms with Crippen LogP contribution in [0.25, 0.3) is 0 Å². The van der Waals surface area contributed by atoms with Gasteiger partial charge in [0.15, 0.2) is 0 Å². The zero-order chi connectivity index (χ0) is 13.0. The van der Waals surface area contributed by atoms with Crippen molar-refractivity contribution >= 4 is 5.91 Å². The van der Waals surface area contributed by atoms with Crippen molar-refractivity contribution in [1.82, 2.24) is 5.32 Å². The third-order valence-corrected chi connectivity index (χ3v) is 3.48. The van der Waals surface area contributed by atoms with Crippen molar-refractivity contribution in [2.45, 2.75) is 31.4 Å². The van der Waals surface area contributed by atoms with Crippen molar-refractivity contribution in [3.8, 4) is 0 Å². The Labute approximate surface area is 108 Å². The fourth-order valence-electron chi connectivity index (χ4n) is 2.43. The number of carbonyl (C=O) groups is 1. The Kier molecular flexibility index (Phi) is 4.33. The fraction of sp³-hybridized carbons (Fsp3) is 0.500. The van der Waals surface area contributed by atoms with Gasteiger partial charge in [0.2, 0.25) is 0 Å². The molecule has 0 radical (unpaired) electrons. The minimum Gasteiger partial charge on any atom is -0.370 e. The van der Waals surface area contributed by atoms with E-state index in [1.54, 1.807) is 0 Å². The quantitative estimate of drug-likeness (QED) is 0.821. The van der Waals surface area contributed by atoms with Crippen molar-refractivity contribution in [2.24, 2.45) is 5.73 Å². The zero-order valence-electron chi connectivity index (χ0n) is 10.7. The molecule has 2 rings (SSSR count). The van der Waals surface area contributed by atoms with E-state index in [1.807, 2.05) is 6.07 Å². The number of nitrogens with one attached hydrogen (secondary N) is 1. The Bertz CT molecular complexity index is 416. The Hall–Kier alpha value is -1.39. The normalized spacial score (nSPS) is 20.0. The van der Waals surface area contributed by atoms with Gasteiger partial charge in [0.1, 0.15) is 6.10 Å². The molecule has 0 saturated heterocycles. The summed E-state index contributed by atoms with van der Waals surface area (Å²) >= 11 is 0. The Balaban J connectivity index is 1.95. The third-order valence-electron chi connectivity index (χ3n) is 3.48. The molecule has 1 amide bonds. The maximum atomic E-state index is 11.9. The van der Waals surface area contributed by atoms with E-state index in [2.05, 4.69) is 23.5 Å². The van der Waals surface area contributed by atoms with E-state index in [9.17, 15) is 4.79 Å². The van der Waals surface area contributed by atoms with Crippen LogP contribution in [0, 0.1) is 0 Å². The molecule has 98 valence electrons. The number of methoxy groups -OCH3 is 1. The molecule has 4 heteroatoms. The third kappa shape index (κ3) is 2.89. The SMILES string of the molecule is COC(CN)C(=O)NC1CCc2ccccc2C1. The number of rotatable bonds is 4. The minimum absolute atomic E-state index is 0.107. The van der Waals surface area contributed by atoms with Crippen LogP contribution in [0.1, 0.15) is 17.5 Å². The topological polar surface area (TPSA) is 64.3 Å². The van der Waals surface area contributed by atoms with Crippen molar-refractivity contribution in [2.75, 3.05) is 13.7 Å². The van der Waals surface area contributed by atoms with Gasteiger partial charge in [-0.15, -0.1) is 0 Å². The highest BCUT2D eigenvalue weighted by atomic mass is 16.5. The van der Waals surface area contributed by atoms with Gasteiger partial charge < -0.3 is 15.8 Å². The molecule has 18 heavy (non-hydrogen) atoms. The van der Waals surface area contributed by atoms with Crippen LogP contribution in [-0.4, -0.2) is 31.7 Å². The second-order valence-electron chi connectivity index (χ2n) is 4.68. The molecule has 1 aliphatic carbocycles. The first-order valence-corrected chi connectivity index (χ1v) is 6.34. The maximum absolute atomic E-state index is 11.9. The van der Waals surface area contributed by atoms with Gasteiger partial charge >= 0.3 is 0 Å². The number of ether oxygens (including phenoxy) is 1. The molecular weight excluding hydrogens is 228 g/mol. The number of fused-ring (bicyclic) bond motifs is 1. The molecule has 4 nitrogen and oxygen atoms in total. The second-order valence-corrected chi connectivity index (χ2v) is 4.68. The molecule has 0 heterocycles. The van der Waals surface area contributed by atoms with E-state index < -0.39 is 6.10 Å². The molecule has 0 bridgehead atoms. The second kappa shape index (κ2) is 5.98. The average Bonchev–Trinajstić information content (AvgIpc) is 2.40. The van der Waals surface area contributed by atoms with E-state index in [4.69, 9.17) is 10.5 Å². The van der Waals surface area contributed by atoms with Crippen LogP contribution in [0.2, 0.25) is 0 Å². The smallest absolute Gasteiger partial charge is 0.250 e. The van der Waals surface area contributed by atoms with Gasteiger partial charge in [0, 0.05) is 19.7 Å². The lowest BCUT2D eigenvalue weighted by atomic mass is 9.88. The first kappa shape index (κ1) is 13.1. The molecule has 1 aromatic rings. The number of nitrogens with two attached hydrogens (primary N) is 1. The van der Waals surface area contributed by atoms with E-state index >= 15 is 0 Å². The molecule has 1 aliphatic rings. The highest BCUT2D eigenvalue weighted by molar-refractivity contribution is 5.81. The van der Waals surface area contributed by atoms with Crippen LogP contribution in [0.15, 0.2) is 24.3 Å². The van der Waals surface area contributed by atoms with Gasteiger partial charge in [0.05, 0.1) is 0 Å². The highest BCUT2D eigenvalue weighted by Crippen LogP contribution is 2.21. The predicted molar refractivity (Wildman–Crippen MR) is 70.2 cm³/mol. The van der Waals surface area contributed by atoms with Crippen molar-refractivity contribution < 1.29 is 9.53 Å². The molecule has 0 aliphatic heterocycles. The van der Waals surface area contributed by atoms with Crippen LogP contribution < -0.4 is 11.1 Å². The van der Waals surface area contributed by atoms with E-state index in [0.29, 0.717) is 0 Å². The summed E-state index contributed by atoms with van der Waals surface area (Å²) in [4.78, 5) is 11.9. The molecule has 3 N–H and O–H groups in total. The van der Waals surface area contributed by atoms with Gasteiger partial charge in [-0.3, -0.25) is 4.79 Å². The predicted octanol–water partition coefficient (Wildman–Crippen LogP) is 0.634. The molecule has 2 unspecified atom stereocenters. The lowest BCUT2D eigenvalue weighted by Gasteiger charge is -2.26. The largest absolute Gasteiger partial charge is 0.370 e. The summed E-state index contributed by atoms with van der Waals surface area (Å²) in [6.45, 7) is 0.214. The van der Waals surface area contributed by atoms with Crippen LogP contribution >= 0.6 is 0 Å². The Morgan fingerprint density at radius 1 is 1.50 bits per heavy atom. The summed E-state index contributed by atoms with van der Waals surface area (Å²) in [5.41, 5.74) is 8.20.